The average molecular weight is 424 g/mol. The molecule has 0 bridgehead atoms. The maximum absolute atomic E-state index is 12.3. The van der Waals surface area contributed by atoms with Crippen LogP contribution < -0.4 is 20.7 Å². The molecule has 2 aromatic rings. The van der Waals surface area contributed by atoms with Gasteiger partial charge in [0, 0.05) is 24.3 Å². The van der Waals surface area contributed by atoms with Crippen molar-refractivity contribution in [1.82, 2.24) is 15.5 Å². The highest BCUT2D eigenvalue weighted by molar-refractivity contribution is 5.94. The highest BCUT2D eigenvalue weighted by atomic mass is 16.5. The summed E-state index contributed by atoms with van der Waals surface area (Å²) in [6.45, 7) is 5.59. The van der Waals surface area contributed by atoms with Crippen molar-refractivity contribution in [1.29, 1.82) is 0 Å². The Labute approximate surface area is 184 Å². The first-order valence-electron chi connectivity index (χ1n) is 10.9. The van der Waals surface area contributed by atoms with Gasteiger partial charge in [-0.3, -0.25) is 9.69 Å². The van der Waals surface area contributed by atoms with Crippen LogP contribution in [-0.4, -0.2) is 56.6 Å². The van der Waals surface area contributed by atoms with E-state index in [1.165, 1.54) is 12.8 Å². The highest BCUT2D eigenvalue weighted by Gasteiger charge is 2.26. The van der Waals surface area contributed by atoms with Gasteiger partial charge < -0.3 is 20.7 Å². The standard InChI is InChI=1S/C24H33N5O2/c1-3-25-24(27-18-23(30)28-19-11-5-4-6-12-19)26-17-21(29-15-9-10-16-29)20-13-7-8-14-22(20)31-2/h4-8,11-14,21H,3,9-10,15-18H2,1-2H3,(H,28,30)(H2,25,26,27). The summed E-state index contributed by atoms with van der Waals surface area (Å²) in [6.07, 6.45) is 2.42. The molecule has 0 aromatic heterocycles. The zero-order chi connectivity index (χ0) is 21.9. The lowest BCUT2D eigenvalue weighted by Crippen LogP contribution is -2.43. The number of likely N-dealkylation sites (tertiary alicyclic amines) is 1. The SMILES string of the molecule is CCNC(=NCC(=O)Nc1ccccc1)NCC(c1ccccc1OC)N1CCCC1. The second kappa shape index (κ2) is 12.0. The number of amides is 1. The second-order valence-corrected chi connectivity index (χ2v) is 7.49. The zero-order valence-corrected chi connectivity index (χ0v) is 18.4. The third-order valence-corrected chi connectivity index (χ3v) is 5.32. The Hall–Kier alpha value is -3.06. The maximum Gasteiger partial charge on any atom is 0.246 e. The summed E-state index contributed by atoms with van der Waals surface area (Å²) in [5.41, 5.74) is 1.93. The van der Waals surface area contributed by atoms with Gasteiger partial charge in [0.05, 0.1) is 13.2 Å². The van der Waals surface area contributed by atoms with Crippen molar-refractivity contribution >= 4 is 17.6 Å². The number of methoxy groups -OCH3 is 1. The molecular formula is C24H33N5O2. The highest BCUT2D eigenvalue weighted by Crippen LogP contribution is 2.31. The van der Waals surface area contributed by atoms with Crippen molar-refractivity contribution in [3.63, 3.8) is 0 Å². The molecule has 1 atom stereocenters. The van der Waals surface area contributed by atoms with Gasteiger partial charge in [-0.15, -0.1) is 0 Å². The first kappa shape index (κ1) is 22.6. The minimum atomic E-state index is -0.149. The Kier molecular flexibility index (Phi) is 8.72. The third kappa shape index (κ3) is 6.72. The van der Waals surface area contributed by atoms with Crippen LogP contribution in [0.3, 0.4) is 0 Å². The Morgan fingerprint density at radius 1 is 1.06 bits per heavy atom. The third-order valence-electron chi connectivity index (χ3n) is 5.32. The lowest BCUT2D eigenvalue weighted by atomic mass is 10.0. The molecule has 31 heavy (non-hydrogen) atoms. The molecule has 1 heterocycles. The predicted octanol–water partition coefficient (Wildman–Crippen LogP) is 3.03. The summed E-state index contributed by atoms with van der Waals surface area (Å²) in [5, 5.41) is 9.53. The summed E-state index contributed by atoms with van der Waals surface area (Å²) in [5.74, 6) is 1.37. The van der Waals surface area contributed by atoms with Crippen LogP contribution in [0.1, 0.15) is 31.4 Å². The number of nitrogens with one attached hydrogen (secondary N) is 3. The van der Waals surface area contributed by atoms with Gasteiger partial charge in [-0.1, -0.05) is 36.4 Å². The summed E-state index contributed by atoms with van der Waals surface area (Å²) in [7, 11) is 1.71. The van der Waals surface area contributed by atoms with Crippen LogP contribution in [0.5, 0.6) is 5.75 Å². The quantitative estimate of drug-likeness (QED) is 0.427. The lowest BCUT2D eigenvalue weighted by molar-refractivity contribution is -0.114. The van der Waals surface area contributed by atoms with Crippen molar-refractivity contribution in [2.75, 3.05) is 45.2 Å². The van der Waals surface area contributed by atoms with Gasteiger partial charge in [0.2, 0.25) is 5.91 Å². The summed E-state index contributed by atoms with van der Waals surface area (Å²) >= 11 is 0. The smallest absolute Gasteiger partial charge is 0.246 e. The molecule has 166 valence electrons. The molecule has 1 saturated heterocycles. The van der Waals surface area contributed by atoms with Gasteiger partial charge in [-0.05, 0) is 51.1 Å². The molecule has 1 aliphatic rings. The largest absolute Gasteiger partial charge is 0.496 e. The monoisotopic (exact) mass is 423 g/mol. The second-order valence-electron chi connectivity index (χ2n) is 7.49. The van der Waals surface area contributed by atoms with Crippen LogP contribution in [0.2, 0.25) is 0 Å². The molecule has 0 aliphatic carbocycles. The Bertz CT molecular complexity index is 850. The number of carbonyl (C=O) groups is 1. The van der Waals surface area contributed by atoms with Crippen molar-refractivity contribution in [3.8, 4) is 5.75 Å². The number of nitrogens with zero attached hydrogens (tertiary/aromatic N) is 2. The van der Waals surface area contributed by atoms with E-state index in [1.54, 1.807) is 7.11 Å². The molecule has 2 aromatic carbocycles. The van der Waals surface area contributed by atoms with Gasteiger partial charge in [-0.25, -0.2) is 4.99 Å². The van der Waals surface area contributed by atoms with Crippen molar-refractivity contribution in [2.45, 2.75) is 25.8 Å². The van der Waals surface area contributed by atoms with Crippen LogP contribution in [0, 0.1) is 0 Å². The zero-order valence-electron chi connectivity index (χ0n) is 18.4. The molecule has 3 N–H and O–H groups in total. The number of benzene rings is 2. The average Bonchev–Trinajstić information content (AvgIpc) is 3.33. The fourth-order valence-corrected chi connectivity index (χ4v) is 3.84. The summed E-state index contributed by atoms with van der Waals surface area (Å²) < 4.78 is 5.62. The molecule has 3 rings (SSSR count). The fourth-order valence-electron chi connectivity index (χ4n) is 3.84. The molecule has 0 saturated carbocycles. The number of hydrogen-bond acceptors (Lipinski definition) is 4. The minimum Gasteiger partial charge on any atom is -0.496 e. The molecule has 1 amide bonds. The Balaban J connectivity index is 1.66. The van der Waals surface area contributed by atoms with E-state index in [-0.39, 0.29) is 18.5 Å². The Morgan fingerprint density at radius 3 is 2.48 bits per heavy atom. The number of guanidine groups is 1. The molecule has 0 spiro atoms. The van der Waals surface area contributed by atoms with Gasteiger partial charge in [-0.2, -0.15) is 0 Å². The molecule has 1 fully saturated rings. The maximum atomic E-state index is 12.3. The van der Waals surface area contributed by atoms with E-state index in [9.17, 15) is 4.79 Å². The van der Waals surface area contributed by atoms with E-state index in [2.05, 4.69) is 31.9 Å². The number of rotatable bonds is 9. The fraction of sp³-hybridized carbons (Fsp3) is 0.417. The van der Waals surface area contributed by atoms with Crippen molar-refractivity contribution < 1.29 is 9.53 Å². The predicted molar refractivity (Wildman–Crippen MR) is 126 cm³/mol. The summed E-state index contributed by atoms with van der Waals surface area (Å²) in [6, 6.07) is 17.8. The van der Waals surface area contributed by atoms with E-state index in [4.69, 9.17) is 4.74 Å². The number of para-hydroxylation sites is 2. The Morgan fingerprint density at radius 2 is 1.77 bits per heavy atom. The topological polar surface area (TPSA) is 78.0 Å². The molecule has 0 radical (unpaired) electrons. The normalized spacial score (nSPS) is 15.4. The first-order valence-corrected chi connectivity index (χ1v) is 10.9. The van der Waals surface area contributed by atoms with Crippen LogP contribution in [0.15, 0.2) is 59.6 Å². The number of carbonyl (C=O) groups excluding carboxylic acids is 1. The number of aliphatic imine (C=N–C) groups is 1. The number of hydrogen-bond donors (Lipinski definition) is 3. The van der Waals surface area contributed by atoms with E-state index in [1.807, 2.05) is 55.5 Å². The molecule has 1 unspecified atom stereocenters. The van der Waals surface area contributed by atoms with E-state index in [0.29, 0.717) is 12.5 Å². The van der Waals surface area contributed by atoms with Crippen LogP contribution >= 0.6 is 0 Å². The van der Waals surface area contributed by atoms with E-state index in [0.717, 1.165) is 36.6 Å². The van der Waals surface area contributed by atoms with Crippen LogP contribution in [-0.2, 0) is 4.79 Å². The molecular weight excluding hydrogens is 390 g/mol. The lowest BCUT2D eigenvalue weighted by Gasteiger charge is -2.30. The van der Waals surface area contributed by atoms with Gasteiger partial charge >= 0.3 is 0 Å². The van der Waals surface area contributed by atoms with E-state index >= 15 is 0 Å². The van der Waals surface area contributed by atoms with Gasteiger partial charge in [0.15, 0.2) is 5.96 Å². The molecule has 1 aliphatic heterocycles. The van der Waals surface area contributed by atoms with Gasteiger partial charge in [0.1, 0.15) is 12.3 Å². The summed E-state index contributed by atoms with van der Waals surface area (Å²) in [4.78, 5) is 19.2. The van der Waals surface area contributed by atoms with Crippen LogP contribution in [0.25, 0.3) is 0 Å². The molecule has 7 nitrogen and oxygen atoms in total. The van der Waals surface area contributed by atoms with Crippen molar-refractivity contribution in [3.05, 3.63) is 60.2 Å². The number of ether oxygens (including phenoxy) is 1. The van der Waals surface area contributed by atoms with Gasteiger partial charge in [0.25, 0.3) is 0 Å². The first-order chi connectivity index (χ1) is 15.2. The number of anilines is 1. The van der Waals surface area contributed by atoms with Crippen molar-refractivity contribution in [2.24, 2.45) is 4.99 Å². The van der Waals surface area contributed by atoms with E-state index < -0.39 is 0 Å². The minimum absolute atomic E-state index is 0.0489. The molecule has 7 heteroatoms. The van der Waals surface area contributed by atoms with Crippen LogP contribution in [0.4, 0.5) is 5.69 Å².